The molecule has 0 amide bonds. The minimum atomic E-state index is 0.237. The van der Waals surface area contributed by atoms with Crippen LogP contribution in [0.1, 0.15) is 37.0 Å². The fourth-order valence-electron chi connectivity index (χ4n) is 2.17. The van der Waals surface area contributed by atoms with E-state index in [1.165, 1.54) is 16.7 Å². The summed E-state index contributed by atoms with van der Waals surface area (Å²) < 4.78 is 5.45. The van der Waals surface area contributed by atoms with E-state index < -0.39 is 0 Å². The second-order valence-corrected chi connectivity index (χ2v) is 5.21. The topological polar surface area (TPSA) is 21.3 Å². The lowest BCUT2D eigenvalue weighted by atomic mass is 9.80. The number of hydrogen-bond donors (Lipinski definition) is 1. The van der Waals surface area contributed by atoms with E-state index in [4.69, 9.17) is 4.74 Å². The van der Waals surface area contributed by atoms with E-state index in [9.17, 15) is 0 Å². The molecule has 0 atom stereocenters. The van der Waals surface area contributed by atoms with Crippen molar-refractivity contribution in [3.05, 3.63) is 34.9 Å². The average molecular weight is 219 g/mol. The van der Waals surface area contributed by atoms with Gasteiger partial charge in [-0.1, -0.05) is 32.0 Å². The van der Waals surface area contributed by atoms with Gasteiger partial charge in [-0.05, 0) is 42.1 Å². The molecule has 0 fully saturated rings. The van der Waals surface area contributed by atoms with Crippen molar-refractivity contribution < 1.29 is 4.74 Å². The highest BCUT2D eigenvalue weighted by molar-refractivity contribution is 5.36. The van der Waals surface area contributed by atoms with Gasteiger partial charge in [-0.2, -0.15) is 0 Å². The third-order valence-corrected chi connectivity index (χ3v) is 3.50. The van der Waals surface area contributed by atoms with Crippen molar-refractivity contribution in [3.63, 3.8) is 0 Å². The van der Waals surface area contributed by atoms with Crippen LogP contribution in [-0.4, -0.2) is 13.6 Å². The normalized spacial score (nSPS) is 15.2. The monoisotopic (exact) mass is 219 g/mol. The minimum Gasteiger partial charge on any atom is -0.372 e. The first-order chi connectivity index (χ1) is 7.63. The van der Waals surface area contributed by atoms with E-state index in [0.717, 1.165) is 26.2 Å². The van der Waals surface area contributed by atoms with Gasteiger partial charge in [-0.25, -0.2) is 0 Å². The SMILES string of the molecule is CNCCC(C)(C)c1ccc2c(c1)COC2. The molecule has 2 rings (SSSR count). The van der Waals surface area contributed by atoms with E-state index in [0.29, 0.717) is 0 Å². The van der Waals surface area contributed by atoms with Crippen LogP contribution in [0.2, 0.25) is 0 Å². The lowest BCUT2D eigenvalue weighted by molar-refractivity contribution is 0.134. The van der Waals surface area contributed by atoms with E-state index >= 15 is 0 Å². The molecule has 1 aliphatic heterocycles. The van der Waals surface area contributed by atoms with Gasteiger partial charge in [0.05, 0.1) is 13.2 Å². The van der Waals surface area contributed by atoms with E-state index in [1.54, 1.807) is 0 Å². The molecule has 0 saturated carbocycles. The van der Waals surface area contributed by atoms with Crippen LogP contribution in [0.15, 0.2) is 18.2 Å². The van der Waals surface area contributed by atoms with Gasteiger partial charge >= 0.3 is 0 Å². The molecule has 1 aromatic rings. The highest BCUT2D eigenvalue weighted by Gasteiger charge is 2.22. The molecule has 2 nitrogen and oxygen atoms in total. The highest BCUT2D eigenvalue weighted by Crippen LogP contribution is 2.30. The number of ether oxygens (including phenoxy) is 1. The van der Waals surface area contributed by atoms with Crippen LogP contribution < -0.4 is 5.32 Å². The summed E-state index contributed by atoms with van der Waals surface area (Å²) in [5.74, 6) is 0. The molecule has 0 spiro atoms. The second kappa shape index (κ2) is 4.56. The fourth-order valence-corrected chi connectivity index (χ4v) is 2.17. The summed E-state index contributed by atoms with van der Waals surface area (Å²) in [6, 6.07) is 6.79. The Labute approximate surface area is 98.0 Å². The Bertz CT molecular complexity index is 371. The van der Waals surface area contributed by atoms with Crippen molar-refractivity contribution in [2.75, 3.05) is 13.6 Å². The quantitative estimate of drug-likeness (QED) is 0.840. The summed E-state index contributed by atoms with van der Waals surface area (Å²) in [5.41, 5.74) is 4.39. The summed E-state index contributed by atoms with van der Waals surface area (Å²) >= 11 is 0. The van der Waals surface area contributed by atoms with Crippen LogP contribution in [-0.2, 0) is 23.4 Å². The Morgan fingerprint density at radius 1 is 1.25 bits per heavy atom. The lowest BCUT2D eigenvalue weighted by Crippen LogP contribution is -2.23. The van der Waals surface area contributed by atoms with Crippen LogP contribution in [0, 0.1) is 0 Å². The molecule has 88 valence electrons. The average Bonchev–Trinajstić information content (AvgIpc) is 2.73. The van der Waals surface area contributed by atoms with Crippen LogP contribution in [0.25, 0.3) is 0 Å². The van der Waals surface area contributed by atoms with Gasteiger partial charge in [0, 0.05) is 0 Å². The first kappa shape index (κ1) is 11.6. The van der Waals surface area contributed by atoms with Crippen molar-refractivity contribution in [1.82, 2.24) is 5.32 Å². The Hall–Kier alpha value is -0.860. The van der Waals surface area contributed by atoms with Crippen LogP contribution in [0.5, 0.6) is 0 Å². The number of rotatable bonds is 4. The smallest absolute Gasteiger partial charge is 0.0725 e. The van der Waals surface area contributed by atoms with Crippen molar-refractivity contribution in [3.8, 4) is 0 Å². The molecule has 0 aromatic heterocycles. The zero-order valence-electron chi connectivity index (χ0n) is 10.5. The van der Waals surface area contributed by atoms with Gasteiger partial charge < -0.3 is 10.1 Å². The Morgan fingerprint density at radius 3 is 2.75 bits per heavy atom. The summed E-state index contributed by atoms with van der Waals surface area (Å²) in [7, 11) is 2.01. The van der Waals surface area contributed by atoms with E-state index in [-0.39, 0.29) is 5.41 Å². The maximum atomic E-state index is 5.45. The Kier molecular flexibility index (Phi) is 3.31. The number of benzene rings is 1. The molecule has 1 aliphatic rings. The molecular weight excluding hydrogens is 198 g/mol. The zero-order chi connectivity index (χ0) is 11.6. The van der Waals surface area contributed by atoms with Gasteiger partial charge in [0.25, 0.3) is 0 Å². The van der Waals surface area contributed by atoms with E-state index in [1.807, 2.05) is 7.05 Å². The zero-order valence-corrected chi connectivity index (χ0v) is 10.5. The first-order valence-corrected chi connectivity index (χ1v) is 5.98. The number of nitrogens with one attached hydrogen (secondary N) is 1. The van der Waals surface area contributed by atoms with Gasteiger partial charge in [-0.15, -0.1) is 0 Å². The molecule has 16 heavy (non-hydrogen) atoms. The lowest BCUT2D eigenvalue weighted by Gasteiger charge is -2.25. The minimum absolute atomic E-state index is 0.237. The van der Waals surface area contributed by atoms with Crippen LogP contribution >= 0.6 is 0 Å². The molecule has 1 N–H and O–H groups in total. The third-order valence-electron chi connectivity index (χ3n) is 3.50. The van der Waals surface area contributed by atoms with Gasteiger partial charge in [-0.3, -0.25) is 0 Å². The molecule has 0 aliphatic carbocycles. The third kappa shape index (κ3) is 2.28. The van der Waals surface area contributed by atoms with Crippen molar-refractivity contribution in [2.45, 2.75) is 38.9 Å². The van der Waals surface area contributed by atoms with Crippen molar-refractivity contribution >= 4 is 0 Å². The molecule has 0 bridgehead atoms. The van der Waals surface area contributed by atoms with Crippen LogP contribution in [0.4, 0.5) is 0 Å². The van der Waals surface area contributed by atoms with Gasteiger partial charge in [0.1, 0.15) is 0 Å². The van der Waals surface area contributed by atoms with Crippen LogP contribution in [0.3, 0.4) is 0 Å². The summed E-state index contributed by atoms with van der Waals surface area (Å²) in [5, 5.41) is 3.22. The molecule has 0 radical (unpaired) electrons. The summed E-state index contributed by atoms with van der Waals surface area (Å²) in [4.78, 5) is 0. The highest BCUT2D eigenvalue weighted by atomic mass is 16.5. The predicted molar refractivity (Wildman–Crippen MR) is 66.5 cm³/mol. The van der Waals surface area contributed by atoms with Crippen molar-refractivity contribution in [2.24, 2.45) is 0 Å². The maximum absolute atomic E-state index is 5.45. The molecule has 0 unspecified atom stereocenters. The second-order valence-electron chi connectivity index (χ2n) is 5.21. The molecule has 1 heterocycles. The standard InChI is InChI=1S/C14H21NO/c1-14(2,6-7-15-3)13-5-4-11-9-16-10-12(11)8-13/h4-5,8,15H,6-7,9-10H2,1-3H3. The van der Waals surface area contributed by atoms with Gasteiger partial charge in [0.2, 0.25) is 0 Å². The first-order valence-electron chi connectivity index (χ1n) is 5.98. The molecule has 2 heteroatoms. The molecule has 1 aromatic carbocycles. The number of fused-ring (bicyclic) bond motifs is 1. The van der Waals surface area contributed by atoms with E-state index in [2.05, 4.69) is 37.4 Å². The summed E-state index contributed by atoms with van der Waals surface area (Å²) in [6.45, 7) is 7.24. The molecular formula is C14H21NO. The Morgan fingerprint density at radius 2 is 2.00 bits per heavy atom. The van der Waals surface area contributed by atoms with Crippen molar-refractivity contribution in [1.29, 1.82) is 0 Å². The van der Waals surface area contributed by atoms with Gasteiger partial charge in [0.15, 0.2) is 0 Å². The summed E-state index contributed by atoms with van der Waals surface area (Å²) in [6.07, 6.45) is 1.16. The largest absolute Gasteiger partial charge is 0.372 e. The molecule has 0 saturated heterocycles. The Balaban J connectivity index is 2.20. The number of hydrogen-bond acceptors (Lipinski definition) is 2. The fraction of sp³-hybridized carbons (Fsp3) is 0.571. The maximum Gasteiger partial charge on any atom is 0.0725 e. The predicted octanol–water partition coefficient (Wildman–Crippen LogP) is 2.60.